The highest BCUT2D eigenvalue weighted by Gasteiger charge is 2.54. The van der Waals surface area contributed by atoms with Gasteiger partial charge in [0.15, 0.2) is 6.10 Å². The normalized spacial score (nSPS) is 19.5. The molecule has 1 unspecified atom stereocenters. The number of carboxylic acids is 2. The molecule has 0 saturated carbocycles. The molecular weight excluding hydrogens is 677 g/mol. The summed E-state index contributed by atoms with van der Waals surface area (Å²) in [6, 6.07) is 9.61. The highest BCUT2D eigenvalue weighted by atomic mass is 32.2. The van der Waals surface area contributed by atoms with Crippen LogP contribution in [0.3, 0.4) is 0 Å². The van der Waals surface area contributed by atoms with E-state index in [4.69, 9.17) is 4.74 Å². The number of carboxylic acid groups (broad SMARTS) is 2. The molecule has 3 amide bonds. The average Bonchev–Trinajstić information content (AvgIpc) is 3.12. The molecule has 0 spiro atoms. The fourth-order valence-corrected chi connectivity index (χ4v) is 7.57. The van der Waals surface area contributed by atoms with E-state index in [1.54, 1.807) is 46.7 Å². The van der Waals surface area contributed by atoms with Crippen molar-refractivity contribution in [1.29, 1.82) is 0 Å². The number of aliphatic hydroxyl groups is 1. The molecule has 2 fully saturated rings. The number of aromatic carboxylic acids is 1. The first kappa shape index (κ1) is 34.4. The number of amides is 3. The topological polar surface area (TPSA) is 199 Å². The Labute approximate surface area is 287 Å². The summed E-state index contributed by atoms with van der Waals surface area (Å²) in [5.74, 6) is -4.89. The Hall–Kier alpha value is -5.42. The van der Waals surface area contributed by atoms with Gasteiger partial charge in [-0.15, -0.1) is 11.8 Å². The van der Waals surface area contributed by atoms with Crippen molar-refractivity contribution in [1.82, 2.24) is 19.7 Å². The number of carbonyl (C=O) groups is 5. The van der Waals surface area contributed by atoms with Crippen molar-refractivity contribution < 1.29 is 48.4 Å². The number of nitrogens with one attached hydrogen (secondary N) is 1. The van der Waals surface area contributed by atoms with Crippen molar-refractivity contribution >= 4 is 58.2 Å². The van der Waals surface area contributed by atoms with Gasteiger partial charge in [-0.25, -0.2) is 18.8 Å². The van der Waals surface area contributed by atoms with Crippen molar-refractivity contribution in [3.63, 3.8) is 0 Å². The number of β-lactam (4-membered cyclic amide) rings is 1. The molecule has 0 radical (unpaired) electrons. The molecule has 6 rings (SSSR count). The largest absolute Gasteiger partial charge is 0.477 e. The van der Waals surface area contributed by atoms with Crippen LogP contribution in [0.1, 0.15) is 28.9 Å². The molecule has 3 aliphatic rings. The van der Waals surface area contributed by atoms with Gasteiger partial charge in [-0.1, -0.05) is 30.3 Å². The number of anilines is 1. The molecule has 3 atom stereocenters. The number of ether oxygens (including phenoxy) is 1. The Morgan fingerprint density at radius 2 is 1.74 bits per heavy atom. The second kappa shape index (κ2) is 13.8. The van der Waals surface area contributed by atoms with Crippen LogP contribution in [-0.4, -0.2) is 109 Å². The van der Waals surface area contributed by atoms with Crippen LogP contribution in [-0.2, 0) is 25.7 Å². The molecule has 4 heterocycles. The van der Waals surface area contributed by atoms with Crippen molar-refractivity contribution in [2.24, 2.45) is 0 Å². The molecule has 0 aliphatic carbocycles. The molecule has 1 aromatic heterocycles. The van der Waals surface area contributed by atoms with Gasteiger partial charge in [-0.3, -0.25) is 19.3 Å². The van der Waals surface area contributed by atoms with Crippen molar-refractivity contribution in [2.45, 2.75) is 31.0 Å². The van der Waals surface area contributed by atoms with Gasteiger partial charge in [0.1, 0.15) is 35.1 Å². The van der Waals surface area contributed by atoms with E-state index in [2.05, 4.69) is 5.32 Å². The lowest BCUT2D eigenvalue weighted by Gasteiger charge is -2.49. The predicted octanol–water partition coefficient (Wildman–Crippen LogP) is 1.59. The summed E-state index contributed by atoms with van der Waals surface area (Å²) >= 11 is 1.19. The van der Waals surface area contributed by atoms with Crippen LogP contribution in [0.5, 0.6) is 0 Å². The number of fused-ring (bicyclic) bond motifs is 2. The predicted molar refractivity (Wildman–Crippen MR) is 177 cm³/mol. The van der Waals surface area contributed by atoms with Crippen LogP contribution in [0, 0.1) is 5.82 Å². The Kier molecular flexibility index (Phi) is 9.53. The Bertz CT molecular complexity index is 2000. The molecule has 3 aliphatic heterocycles. The minimum Gasteiger partial charge on any atom is -0.477 e. The summed E-state index contributed by atoms with van der Waals surface area (Å²) in [5, 5.41) is 31.4. The SMILES string of the molecule is CCn1cc(C(=O)O)c(=O)c2cc(F)c(N3CCN(C(=O)OCC4=C(C(=O)O)N5C(=O)[C@@H](NC(=O)C(O)c6ccccc6)[C@H]5SC4)CC3)cc21. The number of thioether (sulfide) groups is 1. The van der Waals surface area contributed by atoms with E-state index in [1.807, 2.05) is 0 Å². The number of rotatable bonds is 9. The number of nitrogens with zero attached hydrogens (tertiary/aromatic N) is 4. The second-order valence-corrected chi connectivity index (χ2v) is 12.9. The fraction of sp³-hybridized carbons (Fsp3) is 0.333. The highest BCUT2D eigenvalue weighted by Crippen LogP contribution is 2.40. The molecule has 262 valence electrons. The third-order valence-electron chi connectivity index (χ3n) is 8.88. The number of aryl methyl sites for hydroxylation is 1. The number of carbonyl (C=O) groups excluding carboxylic acids is 3. The Balaban J connectivity index is 1.08. The van der Waals surface area contributed by atoms with E-state index in [1.165, 1.54) is 28.9 Å². The summed E-state index contributed by atoms with van der Waals surface area (Å²) in [5.41, 5.74) is -0.493. The summed E-state index contributed by atoms with van der Waals surface area (Å²) in [4.78, 5) is 79.2. The van der Waals surface area contributed by atoms with Crippen molar-refractivity contribution in [3.05, 3.63) is 87.1 Å². The third kappa shape index (κ3) is 6.24. The number of hydrogen-bond donors (Lipinski definition) is 4. The summed E-state index contributed by atoms with van der Waals surface area (Å²) in [6.45, 7) is 2.38. The molecule has 15 nitrogen and oxygen atoms in total. The number of pyridine rings is 1. The number of halogens is 1. The minimum atomic E-state index is -1.52. The zero-order chi connectivity index (χ0) is 35.9. The zero-order valence-corrected chi connectivity index (χ0v) is 27.4. The fourth-order valence-electron chi connectivity index (χ4n) is 6.24. The van der Waals surface area contributed by atoms with Gasteiger partial charge in [-0.2, -0.15) is 0 Å². The Morgan fingerprint density at radius 3 is 2.38 bits per heavy atom. The van der Waals surface area contributed by atoms with Crippen LogP contribution in [0.4, 0.5) is 14.9 Å². The van der Waals surface area contributed by atoms with Crippen LogP contribution < -0.4 is 15.6 Å². The summed E-state index contributed by atoms with van der Waals surface area (Å²) < 4.78 is 22.3. The number of aliphatic carboxylic acids is 1. The highest BCUT2D eigenvalue weighted by molar-refractivity contribution is 8.00. The van der Waals surface area contributed by atoms with E-state index in [9.17, 15) is 44.1 Å². The van der Waals surface area contributed by atoms with Crippen LogP contribution in [0.15, 0.2) is 64.7 Å². The van der Waals surface area contributed by atoms with Crippen molar-refractivity contribution in [3.8, 4) is 0 Å². The molecule has 50 heavy (non-hydrogen) atoms. The first-order chi connectivity index (χ1) is 23.9. The third-order valence-corrected chi connectivity index (χ3v) is 10.2. The van der Waals surface area contributed by atoms with Gasteiger partial charge in [0, 0.05) is 55.6 Å². The lowest BCUT2D eigenvalue weighted by molar-refractivity contribution is -0.151. The number of hydrogen-bond acceptors (Lipinski definition) is 10. The molecule has 2 aromatic carbocycles. The standard InChI is InChI=1S/C33H32FN5O10S/c1-2-36-14-20(31(44)45)27(41)19-12-21(34)23(13-22(19)36)37-8-10-38(11-9-37)33(48)49-15-18-16-50-30-24(29(43)39(30)25(18)32(46)47)35-28(42)26(40)17-6-4-3-5-7-17/h3-7,12-14,24,26,30,40H,2,8-11,15-16H2,1H3,(H,35,42)(H,44,45)(H,46,47)/t24-,26?,30-/m1/s1. The van der Waals surface area contributed by atoms with E-state index in [-0.39, 0.29) is 54.3 Å². The first-order valence-electron chi connectivity index (χ1n) is 15.6. The number of aliphatic hydroxyl groups excluding tert-OH is 1. The van der Waals surface area contributed by atoms with Crippen LogP contribution in [0.2, 0.25) is 0 Å². The van der Waals surface area contributed by atoms with Gasteiger partial charge in [0.05, 0.1) is 11.2 Å². The van der Waals surface area contributed by atoms with E-state index in [0.29, 0.717) is 17.6 Å². The Morgan fingerprint density at radius 1 is 1.04 bits per heavy atom. The molecule has 0 bridgehead atoms. The lowest BCUT2D eigenvalue weighted by Crippen LogP contribution is -2.71. The average molecular weight is 710 g/mol. The lowest BCUT2D eigenvalue weighted by atomic mass is 10.0. The number of piperazine rings is 1. The molecule has 3 aromatic rings. The maximum atomic E-state index is 15.3. The number of benzene rings is 2. The van der Waals surface area contributed by atoms with Gasteiger partial charge < -0.3 is 39.7 Å². The zero-order valence-electron chi connectivity index (χ0n) is 26.6. The molecule has 17 heteroatoms. The number of aromatic nitrogens is 1. The monoisotopic (exact) mass is 709 g/mol. The smallest absolute Gasteiger partial charge is 0.410 e. The van der Waals surface area contributed by atoms with Gasteiger partial charge in [0.2, 0.25) is 5.43 Å². The van der Waals surface area contributed by atoms with E-state index in [0.717, 1.165) is 11.0 Å². The van der Waals surface area contributed by atoms with Crippen LogP contribution in [0.25, 0.3) is 10.9 Å². The second-order valence-electron chi connectivity index (χ2n) is 11.8. The maximum Gasteiger partial charge on any atom is 0.410 e. The molecule has 2 saturated heterocycles. The van der Waals surface area contributed by atoms with Crippen molar-refractivity contribution in [2.75, 3.05) is 43.4 Å². The quantitative estimate of drug-likeness (QED) is 0.235. The summed E-state index contributed by atoms with van der Waals surface area (Å²) in [7, 11) is 0. The van der Waals surface area contributed by atoms with Crippen LogP contribution >= 0.6 is 11.8 Å². The van der Waals surface area contributed by atoms with E-state index >= 15 is 4.39 Å². The van der Waals surface area contributed by atoms with Gasteiger partial charge in [0.25, 0.3) is 11.8 Å². The van der Waals surface area contributed by atoms with Gasteiger partial charge >= 0.3 is 18.0 Å². The molecule has 4 N–H and O–H groups in total. The van der Waals surface area contributed by atoms with E-state index < -0.39 is 70.8 Å². The van der Waals surface area contributed by atoms with Gasteiger partial charge in [-0.05, 0) is 24.6 Å². The first-order valence-corrected chi connectivity index (χ1v) is 16.7. The summed E-state index contributed by atoms with van der Waals surface area (Å²) in [6.07, 6.45) is -1.02. The molecular formula is C33H32FN5O10S. The maximum absolute atomic E-state index is 15.3. The minimum absolute atomic E-state index is 0.0560.